The largest absolute Gasteiger partial charge is 0.322 e. The summed E-state index contributed by atoms with van der Waals surface area (Å²) in [4.78, 5) is 12.1. The van der Waals surface area contributed by atoms with Gasteiger partial charge in [-0.05, 0) is 20.3 Å². The van der Waals surface area contributed by atoms with Crippen molar-refractivity contribution in [3.05, 3.63) is 11.4 Å². The molecule has 2 heterocycles. The number of anilines is 1. The van der Waals surface area contributed by atoms with Gasteiger partial charge in [-0.1, -0.05) is 41.8 Å². The summed E-state index contributed by atoms with van der Waals surface area (Å²) in [6.07, 6.45) is 1.11. The van der Waals surface area contributed by atoms with Gasteiger partial charge in [-0.15, -0.1) is 10.2 Å². The molecule has 0 aromatic carbocycles. The molecule has 0 bridgehead atoms. The van der Waals surface area contributed by atoms with Gasteiger partial charge in [0, 0.05) is 12.8 Å². The Labute approximate surface area is 142 Å². The van der Waals surface area contributed by atoms with Crippen LogP contribution in [-0.2, 0) is 11.8 Å². The van der Waals surface area contributed by atoms with E-state index in [1.165, 1.54) is 23.1 Å². The molecular formula is C13H19N5OS3. The molecule has 0 saturated heterocycles. The van der Waals surface area contributed by atoms with E-state index in [-0.39, 0.29) is 5.91 Å². The van der Waals surface area contributed by atoms with Crippen molar-refractivity contribution in [3.63, 3.8) is 0 Å². The number of carbonyl (C=O) groups excluding carboxylic acids is 1. The van der Waals surface area contributed by atoms with Gasteiger partial charge < -0.3 is 5.32 Å². The van der Waals surface area contributed by atoms with E-state index in [0.717, 1.165) is 37.9 Å². The second-order valence-electron chi connectivity index (χ2n) is 4.69. The summed E-state index contributed by atoms with van der Waals surface area (Å²) in [6.45, 7) is 5.96. The predicted molar refractivity (Wildman–Crippen MR) is 93.0 cm³/mol. The van der Waals surface area contributed by atoms with E-state index in [0.29, 0.717) is 5.75 Å². The van der Waals surface area contributed by atoms with Gasteiger partial charge in [0.15, 0.2) is 8.68 Å². The second-order valence-corrected chi connectivity index (χ2v) is 8.23. The molecule has 0 aliphatic heterocycles. The Hall–Kier alpha value is -1.06. The van der Waals surface area contributed by atoms with Crippen molar-refractivity contribution in [1.29, 1.82) is 0 Å². The Morgan fingerprint density at radius 1 is 1.27 bits per heavy atom. The summed E-state index contributed by atoms with van der Waals surface area (Å²) in [6, 6.07) is 0. The summed E-state index contributed by atoms with van der Waals surface area (Å²) in [5.41, 5.74) is 2.57. The molecule has 6 nitrogen and oxygen atoms in total. The highest BCUT2D eigenvalue weighted by Gasteiger charge is 2.13. The van der Waals surface area contributed by atoms with Crippen molar-refractivity contribution >= 4 is 46.5 Å². The van der Waals surface area contributed by atoms with Crippen LogP contribution in [0.3, 0.4) is 0 Å². The van der Waals surface area contributed by atoms with Gasteiger partial charge in [0.2, 0.25) is 5.91 Å². The van der Waals surface area contributed by atoms with E-state index in [2.05, 4.69) is 27.5 Å². The molecule has 120 valence electrons. The highest BCUT2D eigenvalue weighted by molar-refractivity contribution is 8.03. The molecule has 2 rings (SSSR count). The standard InChI is InChI=1S/C13H19N5OS3/c1-5-6-20-12-15-16-13(22-12)21-7-10(19)14-11-8(2)17-18(4)9(11)3/h5-7H2,1-4H3,(H,14,19). The molecule has 0 aliphatic rings. The Morgan fingerprint density at radius 3 is 2.55 bits per heavy atom. The fourth-order valence-electron chi connectivity index (χ4n) is 1.76. The number of hydrogen-bond acceptors (Lipinski definition) is 7. The van der Waals surface area contributed by atoms with Gasteiger partial charge >= 0.3 is 0 Å². The van der Waals surface area contributed by atoms with Gasteiger partial charge in [-0.3, -0.25) is 9.48 Å². The lowest BCUT2D eigenvalue weighted by molar-refractivity contribution is -0.113. The van der Waals surface area contributed by atoms with Crippen LogP contribution in [0.25, 0.3) is 0 Å². The molecule has 0 spiro atoms. The molecule has 0 fully saturated rings. The number of rotatable bonds is 7. The smallest absolute Gasteiger partial charge is 0.234 e. The molecule has 1 amide bonds. The van der Waals surface area contributed by atoms with Crippen molar-refractivity contribution < 1.29 is 4.79 Å². The van der Waals surface area contributed by atoms with E-state index in [4.69, 9.17) is 0 Å². The first-order chi connectivity index (χ1) is 10.5. The minimum atomic E-state index is -0.0536. The topological polar surface area (TPSA) is 72.7 Å². The normalized spacial score (nSPS) is 10.9. The Morgan fingerprint density at radius 2 is 1.95 bits per heavy atom. The summed E-state index contributed by atoms with van der Waals surface area (Å²) in [5.74, 6) is 1.31. The number of carbonyl (C=O) groups is 1. The molecule has 9 heteroatoms. The van der Waals surface area contributed by atoms with E-state index in [1.807, 2.05) is 20.9 Å². The first kappa shape index (κ1) is 17.3. The molecule has 0 radical (unpaired) electrons. The zero-order valence-electron chi connectivity index (χ0n) is 13.0. The number of amides is 1. The zero-order chi connectivity index (χ0) is 16.1. The number of nitrogens with one attached hydrogen (secondary N) is 1. The van der Waals surface area contributed by atoms with Crippen molar-refractivity contribution in [3.8, 4) is 0 Å². The van der Waals surface area contributed by atoms with Crippen LogP contribution in [0.15, 0.2) is 8.68 Å². The Bertz CT molecular complexity index is 652. The van der Waals surface area contributed by atoms with Crippen molar-refractivity contribution in [2.24, 2.45) is 7.05 Å². The number of nitrogens with zero attached hydrogens (tertiary/aromatic N) is 4. The Kier molecular flexibility index (Phi) is 6.27. The van der Waals surface area contributed by atoms with Crippen LogP contribution >= 0.6 is 34.9 Å². The first-order valence-electron chi connectivity index (χ1n) is 6.90. The first-order valence-corrected chi connectivity index (χ1v) is 9.69. The molecule has 1 N–H and O–H groups in total. The molecule has 0 unspecified atom stereocenters. The zero-order valence-corrected chi connectivity index (χ0v) is 15.5. The van der Waals surface area contributed by atoms with Crippen molar-refractivity contribution in [1.82, 2.24) is 20.0 Å². The quantitative estimate of drug-likeness (QED) is 0.768. The molecular weight excluding hydrogens is 338 g/mol. The van der Waals surface area contributed by atoms with Gasteiger partial charge in [0.1, 0.15) is 0 Å². The predicted octanol–water partition coefficient (Wildman–Crippen LogP) is 3.12. The Balaban J connectivity index is 1.86. The van der Waals surface area contributed by atoms with Gasteiger partial charge in [-0.25, -0.2) is 0 Å². The van der Waals surface area contributed by atoms with Crippen LogP contribution in [0.4, 0.5) is 5.69 Å². The molecule has 0 aliphatic carbocycles. The third-order valence-electron chi connectivity index (χ3n) is 2.92. The maximum atomic E-state index is 12.1. The van der Waals surface area contributed by atoms with Crippen LogP contribution in [0.1, 0.15) is 24.7 Å². The number of aromatic nitrogens is 4. The number of hydrogen-bond donors (Lipinski definition) is 1. The summed E-state index contributed by atoms with van der Waals surface area (Å²) in [5, 5.41) is 15.4. The average Bonchev–Trinajstić information content (AvgIpc) is 3.03. The summed E-state index contributed by atoms with van der Waals surface area (Å²) < 4.78 is 3.55. The van der Waals surface area contributed by atoms with Crippen LogP contribution in [0.2, 0.25) is 0 Å². The van der Waals surface area contributed by atoms with E-state index < -0.39 is 0 Å². The lowest BCUT2D eigenvalue weighted by Crippen LogP contribution is -2.15. The third-order valence-corrected chi connectivity index (χ3v) is 6.31. The average molecular weight is 358 g/mol. The minimum Gasteiger partial charge on any atom is -0.322 e. The number of aryl methyl sites for hydroxylation is 2. The van der Waals surface area contributed by atoms with Crippen LogP contribution < -0.4 is 5.32 Å². The summed E-state index contributed by atoms with van der Waals surface area (Å²) >= 11 is 4.66. The fraction of sp³-hybridized carbons (Fsp3) is 0.538. The highest BCUT2D eigenvalue weighted by Crippen LogP contribution is 2.29. The van der Waals surface area contributed by atoms with E-state index in [1.54, 1.807) is 16.4 Å². The molecule has 0 atom stereocenters. The lowest BCUT2D eigenvalue weighted by atomic mass is 10.3. The van der Waals surface area contributed by atoms with Gasteiger partial charge in [-0.2, -0.15) is 5.10 Å². The maximum Gasteiger partial charge on any atom is 0.234 e. The molecule has 2 aromatic rings. The van der Waals surface area contributed by atoms with E-state index >= 15 is 0 Å². The monoisotopic (exact) mass is 357 g/mol. The third kappa shape index (κ3) is 4.47. The molecule has 0 saturated carbocycles. The minimum absolute atomic E-state index is 0.0536. The maximum absolute atomic E-state index is 12.1. The van der Waals surface area contributed by atoms with E-state index in [9.17, 15) is 4.79 Å². The number of thioether (sulfide) groups is 2. The van der Waals surface area contributed by atoms with Crippen LogP contribution in [0.5, 0.6) is 0 Å². The van der Waals surface area contributed by atoms with Crippen molar-refractivity contribution in [2.75, 3.05) is 16.8 Å². The van der Waals surface area contributed by atoms with Crippen LogP contribution in [0, 0.1) is 13.8 Å². The SMILES string of the molecule is CCCSc1nnc(SCC(=O)Nc2c(C)nn(C)c2C)s1. The second kappa shape index (κ2) is 7.98. The van der Waals surface area contributed by atoms with Gasteiger partial charge in [0.25, 0.3) is 0 Å². The van der Waals surface area contributed by atoms with Gasteiger partial charge in [0.05, 0.1) is 22.8 Å². The fourth-order valence-corrected chi connectivity index (χ4v) is 4.51. The molecule has 2 aromatic heterocycles. The van der Waals surface area contributed by atoms with Crippen LogP contribution in [-0.4, -0.2) is 37.4 Å². The molecule has 22 heavy (non-hydrogen) atoms. The lowest BCUT2D eigenvalue weighted by Gasteiger charge is -2.04. The van der Waals surface area contributed by atoms with Crippen molar-refractivity contribution in [2.45, 2.75) is 35.9 Å². The summed E-state index contributed by atoms with van der Waals surface area (Å²) in [7, 11) is 1.86. The highest BCUT2D eigenvalue weighted by atomic mass is 32.2.